The molecule has 10 heteroatoms. The topological polar surface area (TPSA) is 135 Å². The molecule has 0 aliphatic rings. The number of rotatable bonds is 11. The third-order valence-electron chi connectivity index (χ3n) is 6.04. The van der Waals surface area contributed by atoms with Gasteiger partial charge in [-0.2, -0.15) is 10.4 Å². The lowest BCUT2D eigenvalue weighted by molar-refractivity contribution is -0.123. The smallest absolute Gasteiger partial charge is 0.267 e. The van der Waals surface area contributed by atoms with Crippen LogP contribution in [0.25, 0.3) is 22.6 Å². The Morgan fingerprint density at radius 1 is 1.08 bits per heavy atom. The molecule has 2 aromatic carbocycles. The van der Waals surface area contributed by atoms with Gasteiger partial charge in [-0.15, -0.1) is 0 Å². The summed E-state index contributed by atoms with van der Waals surface area (Å²) in [6, 6.07) is 19.7. The number of hydrogen-bond donors (Lipinski definition) is 2. The molecule has 0 aliphatic carbocycles. The summed E-state index contributed by atoms with van der Waals surface area (Å²) in [5.74, 6) is 0.949. The molecular formula is C29H29N7O3. The molecule has 2 N–H and O–H groups in total. The van der Waals surface area contributed by atoms with Gasteiger partial charge in [-0.1, -0.05) is 37.3 Å². The summed E-state index contributed by atoms with van der Waals surface area (Å²) in [5, 5.41) is 19.5. The van der Waals surface area contributed by atoms with E-state index in [2.05, 4.69) is 31.8 Å². The summed E-state index contributed by atoms with van der Waals surface area (Å²) >= 11 is 0. The molecule has 0 bridgehead atoms. The first-order valence-corrected chi connectivity index (χ1v) is 12.6. The number of nitriles is 1. The molecule has 0 aliphatic heterocycles. The van der Waals surface area contributed by atoms with E-state index in [1.54, 1.807) is 43.7 Å². The SMILES string of the molecule is CCC(NC)C(=O)NCCOc1cnc(-c2cccc(Cn3nc(-c4cccc(C#N)c4)ccc3=O)c2)nc1. The van der Waals surface area contributed by atoms with Crippen LogP contribution < -0.4 is 20.9 Å². The van der Waals surface area contributed by atoms with E-state index >= 15 is 0 Å². The van der Waals surface area contributed by atoms with Crippen LogP contribution in [0, 0.1) is 11.3 Å². The molecule has 198 valence electrons. The molecule has 1 amide bonds. The monoisotopic (exact) mass is 523 g/mol. The first kappa shape index (κ1) is 27.2. The van der Waals surface area contributed by atoms with Crippen molar-refractivity contribution in [2.24, 2.45) is 0 Å². The van der Waals surface area contributed by atoms with Gasteiger partial charge in [0.2, 0.25) is 5.91 Å². The molecule has 39 heavy (non-hydrogen) atoms. The highest BCUT2D eigenvalue weighted by atomic mass is 16.5. The Morgan fingerprint density at radius 2 is 1.85 bits per heavy atom. The third-order valence-corrected chi connectivity index (χ3v) is 6.04. The number of carbonyl (C=O) groups is 1. The molecule has 4 rings (SSSR count). The maximum absolute atomic E-state index is 12.5. The van der Waals surface area contributed by atoms with Gasteiger partial charge in [0.05, 0.1) is 48.9 Å². The summed E-state index contributed by atoms with van der Waals surface area (Å²) in [4.78, 5) is 33.3. The number of nitrogens with zero attached hydrogens (tertiary/aromatic N) is 5. The Kier molecular flexibility index (Phi) is 9.11. The van der Waals surface area contributed by atoms with Crippen molar-refractivity contribution in [2.45, 2.75) is 25.9 Å². The number of benzene rings is 2. The quantitative estimate of drug-likeness (QED) is 0.287. The fraction of sp³-hybridized carbons (Fsp3) is 0.241. The third kappa shape index (κ3) is 7.12. The largest absolute Gasteiger partial charge is 0.489 e. The number of carbonyl (C=O) groups excluding carboxylic acids is 1. The first-order valence-electron chi connectivity index (χ1n) is 12.6. The van der Waals surface area contributed by atoms with Crippen LogP contribution in [0.2, 0.25) is 0 Å². The Hall–Kier alpha value is -4.88. The number of ether oxygens (including phenoxy) is 1. The van der Waals surface area contributed by atoms with E-state index in [0.29, 0.717) is 42.4 Å². The molecular weight excluding hydrogens is 494 g/mol. The Labute approximate surface area is 226 Å². The zero-order chi connectivity index (χ0) is 27.6. The number of likely N-dealkylation sites (N-methyl/N-ethyl adjacent to an activating group) is 1. The van der Waals surface area contributed by atoms with Gasteiger partial charge < -0.3 is 15.4 Å². The van der Waals surface area contributed by atoms with Crippen LogP contribution in [-0.2, 0) is 11.3 Å². The lowest BCUT2D eigenvalue weighted by Gasteiger charge is -2.14. The number of nitrogens with one attached hydrogen (secondary N) is 2. The fourth-order valence-corrected chi connectivity index (χ4v) is 3.97. The Bertz CT molecular complexity index is 1520. The molecule has 2 heterocycles. The molecule has 1 unspecified atom stereocenters. The van der Waals surface area contributed by atoms with Crippen LogP contribution in [-0.4, -0.2) is 51.9 Å². The maximum atomic E-state index is 12.5. The van der Waals surface area contributed by atoms with E-state index in [9.17, 15) is 14.9 Å². The van der Waals surface area contributed by atoms with Gasteiger partial charge >= 0.3 is 0 Å². The second-order valence-electron chi connectivity index (χ2n) is 8.74. The molecule has 0 saturated carbocycles. The molecule has 1 atom stereocenters. The van der Waals surface area contributed by atoms with E-state index in [4.69, 9.17) is 4.74 Å². The predicted molar refractivity (Wildman–Crippen MR) is 147 cm³/mol. The van der Waals surface area contributed by atoms with Crippen LogP contribution in [0.15, 0.2) is 77.9 Å². The van der Waals surface area contributed by atoms with E-state index in [-0.39, 0.29) is 24.1 Å². The average Bonchev–Trinajstić information content (AvgIpc) is 2.97. The molecule has 0 radical (unpaired) electrons. The lowest BCUT2D eigenvalue weighted by atomic mass is 10.1. The number of amides is 1. The summed E-state index contributed by atoms with van der Waals surface area (Å²) in [5.41, 5.74) is 3.31. The standard InChI is InChI=1S/C29H29N7O3/c1-3-25(31-2)29(38)32-12-13-39-24-17-33-28(34-18-24)23-9-5-7-21(15-23)19-36-27(37)11-10-26(35-36)22-8-4-6-20(14-22)16-30/h4-11,14-15,17-18,25,31H,3,12-13,19H2,1-2H3,(H,32,38). The van der Waals surface area contributed by atoms with E-state index in [0.717, 1.165) is 16.7 Å². The van der Waals surface area contributed by atoms with Gasteiger partial charge in [0.25, 0.3) is 5.56 Å². The van der Waals surface area contributed by atoms with E-state index < -0.39 is 0 Å². The highest BCUT2D eigenvalue weighted by Gasteiger charge is 2.13. The molecule has 0 saturated heterocycles. The highest BCUT2D eigenvalue weighted by molar-refractivity contribution is 5.81. The van der Waals surface area contributed by atoms with Crippen molar-refractivity contribution >= 4 is 5.91 Å². The lowest BCUT2D eigenvalue weighted by Crippen LogP contribution is -2.43. The minimum Gasteiger partial charge on any atom is -0.489 e. The maximum Gasteiger partial charge on any atom is 0.267 e. The van der Waals surface area contributed by atoms with Gasteiger partial charge in [0.15, 0.2) is 11.6 Å². The van der Waals surface area contributed by atoms with Crippen molar-refractivity contribution in [1.82, 2.24) is 30.4 Å². The highest BCUT2D eigenvalue weighted by Crippen LogP contribution is 2.20. The predicted octanol–water partition coefficient (Wildman–Crippen LogP) is 2.78. The van der Waals surface area contributed by atoms with Crippen LogP contribution in [0.3, 0.4) is 0 Å². The summed E-state index contributed by atoms with van der Waals surface area (Å²) in [7, 11) is 1.76. The molecule has 4 aromatic rings. The zero-order valence-electron chi connectivity index (χ0n) is 21.8. The van der Waals surface area contributed by atoms with Gasteiger partial charge in [0.1, 0.15) is 6.61 Å². The minimum atomic E-state index is -0.231. The molecule has 10 nitrogen and oxygen atoms in total. The van der Waals surface area contributed by atoms with Crippen molar-refractivity contribution in [2.75, 3.05) is 20.2 Å². The zero-order valence-corrected chi connectivity index (χ0v) is 21.8. The molecule has 0 spiro atoms. The number of aromatic nitrogens is 4. The van der Waals surface area contributed by atoms with Crippen LogP contribution >= 0.6 is 0 Å². The number of hydrogen-bond acceptors (Lipinski definition) is 8. The fourth-order valence-electron chi connectivity index (χ4n) is 3.97. The van der Waals surface area contributed by atoms with Crippen molar-refractivity contribution in [3.63, 3.8) is 0 Å². The summed E-state index contributed by atoms with van der Waals surface area (Å²) in [6.45, 7) is 2.88. The van der Waals surface area contributed by atoms with Crippen LogP contribution in [0.4, 0.5) is 0 Å². The van der Waals surface area contributed by atoms with Crippen LogP contribution in [0.1, 0.15) is 24.5 Å². The second-order valence-corrected chi connectivity index (χ2v) is 8.74. The molecule has 0 fully saturated rings. The van der Waals surface area contributed by atoms with Crippen molar-refractivity contribution in [3.05, 3.63) is 94.5 Å². The van der Waals surface area contributed by atoms with Gasteiger partial charge in [0, 0.05) is 17.2 Å². The molecule has 2 aromatic heterocycles. The van der Waals surface area contributed by atoms with Gasteiger partial charge in [-0.25, -0.2) is 14.6 Å². The van der Waals surface area contributed by atoms with Crippen molar-refractivity contribution < 1.29 is 9.53 Å². The Morgan fingerprint density at radius 3 is 2.59 bits per heavy atom. The normalized spacial score (nSPS) is 11.4. The average molecular weight is 524 g/mol. The minimum absolute atomic E-state index is 0.0625. The van der Waals surface area contributed by atoms with Gasteiger partial charge in [-0.3, -0.25) is 9.59 Å². The first-order chi connectivity index (χ1) is 19.0. The second kappa shape index (κ2) is 13.1. The van der Waals surface area contributed by atoms with Crippen LogP contribution in [0.5, 0.6) is 5.75 Å². The van der Waals surface area contributed by atoms with Gasteiger partial charge in [-0.05, 0) is 43.3 Å². The van der Waals surface area contributed by atoms with Crippen molar-refractivity contribution in [3.8, 4) is 34.5 Å². The van der Waals surface area contributed by atoms with E-state index in [1.807, 2.05) is 37.3 Å². The summed E-state index contributed by atoms with van der Waals surface area (Å²) < 4.78 is 7.04. The van der Waals surface area contributed by atoms with E-state index in [1.165, 1.54) is 10.7 Å². The summed E-state index contributed by atoms with van der Waals surface area (Å²) in [6.07, 6.45) is 3.88. The van der Waals surface area contributed by atoms with Crippen molar-refractivity contribution in [1.29, 1.82) is 5.26 Å². The Balaban J connectivity index is 1.40.